The van der Waals surface area contributed by atoms with E-state index in [4.69, 9.17) is 10.00 Å². The Bertz CT molecular complexity index is 932. The van der Waals surface area contributed by atoms with Gasteiger partial charge in [0, 0.05) is 18.0 Å². The maximum absolute atomic E-state index is 11.3. The first-order valence-electron chi connectivity index (χ1n) is 8.32. The fourth-order valence-electron chi connectivity index (χ4n) is 2.99. The van der Waals surface area contributed by atoms with Crippen LogP contribution in [0.25, 0.3) is 0 Å². The smallest absolute Gasteiger partial charge is 0.145 e. The molecule has 3 aromatic rings. The SMILES string of the molecule is N#Cc1ccc(Oc2ccc(C(O)(c3cncnc3)C3CC3)nc2)cc1. The van der Waals surface area contributed by atoms with E-state index in [-0.39, 0.29) is 5.92 Å². The van der Waals surface area contributed by atoms with Gasteiger partial charge in [-0.1, -0.05) is 0 Å². The van der Waals surface area contributed by atoms with Crippen LogP contribution >= 0.6 is 0 Å². The van der Waals surface area contributed by atoms with Crippen LogP contribution in [0.15, 0.2) is 61.3 Å². The predicted octanol–water partition coefficient (Wildman–Crippen LogP) is 3.18. The van der Waals surface area contributed by atoms with E-state index in [1.807, 2.05) is 0 Å². The lowest BCUT2D eigenvalue weighted by molar-refractivity contribution is 0.0511. The predicted molar refractivity (Wildman–Crippen MR) is 93.2 cm³/mol. The van der Waals surface area contributed by atoms with Crippen LogP contribution in [0.4, 0.5) is 0 Å². The topological polar surface area (TPSA) is 91.9 Å². The average Bonchev–Trinajstić information content (AvgIpc) is 3.55. The zero-order valence-electron chi connectivity index (χ0n) is 13.9. The van der Waals surface area contributed by atoms with Crippen molar-refractivity contribution in [3.8, 4) is 17.6 Å². The number of pyridine rings is 1. The van der Waals surface area contributed by atoms with E-state index < -0.39 is 5.60 Å². The van der Waals surface area contributed by atoms with E-state index in [0.717, 1.165) is 12.8 Å². The second-order valence-corrected chi connectivity index (χ2v) is 6.29. The molecule has 0 radical (unpaired) electrons. The molecule has 0 bridgehead atoms. The Balaban J connectivity index is 1.59. The fraction of sp³-hybridized carbons (Fsp3) is 0.200. The van der Waals surface area contributed by atoms with Gasteiger partial charge in [0.25, 0.3) is 0 Å². The van der Waals surface area contributed by atoms with Crippen molar-refractivity contribution in [1.82, 2.24) is 15.0 Å². The molecule has 128 valence electrons. The molecule has 6 heteroatoms. The summed E-state index contributed by atoms with van der Waals surface area (Å²) in [6, 6.07) is 12.5. The maximum Gasteiger partial charge on any atom is 0.145 e. The molecule has 1 fully saturated rings. The van der Waals surface area contributed by atoms with E-state index in [1.54, 1.807) is 55.0 Å². The highest BCUT2D eigenvalue weighted by Crippen LogP contribution is 2.48. The molecule has 0 spiro atoms. The lowest BCUT2D eigenvalue weighted by Crippen LogP contribution is -2.31. The molecule has 1 unspecified atom stereocenters. The van der Waals surface area contributed by atoms with Crippen molar-refractivity contribution in [2.45, 2.75) is 18.4 Å². The average molecular weight is 344 g/mol. The monoisotopic (exact) mass is 344 g/mol. The minimum Gasteiger partial charge on any atom is -0.456 e. The standard InChI is InChI=1S/C20H16N4O2/c21-9-14-1-5-17(6-2-14)26-18-7-8-19(24-12-18)20(25,15-3-4-15)16-10-22-13-23-11-16/h1-2,5-8,10-13,15,25H,3-4H2. The molecule has 0 aliphatic heterocycles. The number of hydrogen-bond acceptors (Lipinski definition) is 6. The fourth-order valence-corrected chi connectivity index (χ4v) is 2.99. The van der Waals surface area contributed by atoms with Gasteiger partial charge in [0.05, 0.1) is 23.5 Å². The van der Waals surface area contributed by atoms with Crippen molar-refractivity contribution in [3.63, 3.8) is 0 Å². The third-order valence-electron chi connectivity index (χ3n) is 4.51. The third-order valence-corrected chi connectivity index (χ3v) is 4.51. The molecular formula is C20H16N4O2. The zero-order chi connectivity index (χ0) is 18.0. The van der Waals surface area contributed by atoms with Gasteiger partial charge in [0.2, 0.25) is 0 Å². The van der Waals surface area contributed by atoms with E-state index in [9.17, 15) is 5.11 Å². The van der Waals surface area contributed by atoms with Crippen molar-refractivity contribution in [3.05, 3.63) is 78.1 Å². The summed E-state index contributed by atoms with van der Waals surface area (Å²) in [5, 5.41) is 20.2. The van der Waals surface area contributed by atoms with E-state index >= 15 is 0 Å². The van der Waals surface area contributed by atoms with Crippen LogP contribution < -0.4 is 4.74 Å². The molecular weight excluding hydrogens is 328 g/mol. The van der Waals surface area contributed by atoms with Crippen molar-refractivity contribution < 1.29 is 9.84 Å². The summed E-state index contributed by atoms with van der Waals surface area (Å²) in [4.78, 5) is 12.5. The van der Waals surface area contributed by atoms with Crippen LogP contribution in [-0.4, -0.2) is 20.1 Å². The molecule has 2 aromatic heterocycles. The molecule has 1 aliphatic rings. The van der Waals surface area contributed by atoms with Gasteiger partial charge in [0.1, 0.15) is 23.4 Å². The molecule has 1 N–H and O–H groups in total. The molecule has 2 heterocycles. The van der Waals surface area contributed by atoms with Crippen LogP contribution in [0, 0.1) is 17.2 Å². The number of aliphatic hydroxyl groups is 1. The number of ether oxygens (including phenoxy) is 1. The van der Waals surface area contributed by atoms with Gasteiger partial charge in [-0.05, 0) is 55.2 Å². The van der Waals surface area contributed by atoms with Gasteiger partial charge >= 0.3 is 0 Å². The van der Waals surface area contributed by atoms with E-state index in [1.165, 1.54) is 6.33 Å². The first-order valence-corrected chi connectivity index (χ1v) is 8.32. The number of benzene rings is 1. The highest BCUT2D eigenvalue weighted by Gasteiger charge is 2.48. The summed E-state index contributed by atoms with van der Waals surface area (Å²) in [5.74, 6) is 1.29. The van der Waals surface area contributed by atoms with Crippen LogP contribution in [0.5, 0.6) is 11.5 Å². The van der Waals surface area contributed by atoms with Gasteiger partial charge in [-0.2, -0.15) is 5.26 Å². The molecule has 4 rings (SSSR count). The first-order chi connectivity index (χ1) is 12.7. The zero-order valence-corrected chi connectivity index (χ0v) is 13.9. The van der Waals surface area contributed by atoms with Crippen molar-refractivity contribution in [2.24, 2.45) is 5.92 Å². The van der Waals surface area contributed by atoms with Crippen LogP contribution in [-0.2, 0) is 5.60 Å². The Labute approximate surface area is 150 Å². The minimum absolute atomic E-state index is 0.117. The lowest BCUT2D eigenvalue weighted by Gasteiger charge is -2.27. The molecule has 1 atom stereocenters. The van der Waals surface area contributed by atoms with Crippen molar-refractivity contribution >= 4 is 0 Å². The number of hydrogen-bond donors (Lipinski definition) is 1. The molecule has 26 heavy (non-hydrogen) atoms. The van der Waals surface area contributed by atoms with Crippen LogP contribution in [0.2, 0.25) is 0 Å². The van der Waals surface area contributed by atoms with Gasteiger partial charge in [-0.15, -0.1) is 0 Å². The van der Waals surface area contributed by atoms with Crippen molar-refractivity contribution in [2.75, 3.05) is 0 Å². The summed E-state index contributed by atoms with van der Waals surface area (Å²) >= 11 is 0. The first kappa shape index (κ1) is 16.2. The largest absolute Gasteiger partial charge is 0.456 e. The lowest BCUT2D eigenvalue weighted by atomic mass is 9.87. The summed E-state index contributed by atoms with van der Waals surface area (Å²) in [5.41, 5.74) is 0.594. The quantitative estimate of drug-likeness (QED) is 0.764. The Hall–Kier alpha value is -3.30. The Morgan fingerprint density at radius 1 is 1.00 bits per heavy atom. The van der Waals surface area contributed by atoms with Crippen LogP contribution in [0.1, 0.15) is 29.7 Å². The second kappa shape index (κ2) is 6.54. The van der Waals surface area contributed by atoms with Gasteiger partial charge in [-0.25, -0.2) is 9.97 Å². The van der Waals surface area contributed by atoms with Gasteiger partial charge in [-0.3, -0.25) is 4.98 Å². The molecule has 1 aliphatic carbocycles. The molecule has 0 amide bonds. The molecule has 0 saturated heterocycles. The Morgan fingerprint density at radius 2 is 1.69 bits per heavy atom. The summed E-state index contributed by atoms with van der Waals surface area (Å²) in [7, 11) is 0. The second-order valence-electron chi connectivity index (χ2n) is 6.29. The number of nitrogens with zero attached hydrogens (tertiary/aromatic N) is 4. The maximum atomic E-state index is 11.3. The van der Waals surface area contributed by atoms with Gasteiger partial charge < -0.3 is 9.84 Å². The summed E-state index contributed by atoms with van der Waals surface area (Å²) < 4.78 is 5.75. The van der Waals surface area contributed by atoms with Gasteiger partial charge in [0.15, 0.2) is 0 Å². The number of nitriles is 1. The highest BCUT2D eigenvalue weighted by molar-refractivity contribution is 5.38. The summed E-state index contributed by atoms with van der Waals surface area (Å²) in [6.07, 6.45) is 8.18. The minimum atomic E-state index is -1.19. The summed E-state index contributed by atoms with van der Waals surface area (Å²) in [6.45, 7) is 0. The number of aromatic nitrogens is 3. The molecule has 1 saturated carbocycles. The molecule has 1 aromatic carbocycles. The molecule has 6 nitrogen and oxygen atoms in total. The van der Waals surface area contributed by atoms with E-state index in [2.05, 4.69) is 21.0 Å². The Kier molecular flexibility index (Phi) is 4.07. The van der Waals surface area contributed by atoms with E-state index in [0.29, 0.717) is 28.3 Å². The number of rotatable bonds is 5. The third kappa shape index (κ3) is 3.01. The van der Waals surface area contributed by atoms with Crippen LogP contribution in [0.3, 0.4) is 0 Å². The highest BCUT2D eigenvalue weighted by atomic mass is 16.5. The van der Waals surface area contributed by atoms with Crippen molar-refractivity contribution in [1.29, 1.82) is 5.26 Å². The normalized spacial score (nSPS) is 15.7. The Morgan fingerprint density at radius 3 is 2.27 bits per heavy atom.